The zero-order chi connectivity index (χ0) is 46.1. The lowest BCUT2D eigenvalue weighted by atomic mass is 9.67. The third-order valence-electron chi connectivity index (χ3n) is 15.6. The van der Waals surface area contributed by atoms with Crippen molar-refractivity contribution in [3.8, 4) is 0 Å². The van der Waals surface area contributed by atoms with Gasteiger partial charge in [-0.05, 0) is 94.4 Å². The topological polar surface area (TPSA) is 232 Å². The molecule has 0 aromatic carbocycles. The lowest BCUT2D eigenvalue weighted by Crippen LogP contribution is -2.55. The van der Waals surface area contributed by atoms with Crippen LogP contribution in [0.3, 0.4) is 0 Å². The van der Waals surface area contributed by atoms with Gasteiger partial charge in [-0.15, -0.1) is 11.8 Å². The van der Waals surface area contributed by atoms with Crippen LogP contribution in [0.1, 0.15) is 135 Å². The fourth-order valence-corrected chi connectivity index (χ4v) is 14.2. The quantitative estimate of drug-likeness (QED) is 0.0764. The predicted octanol–water partition coefficient (Wildman–Crippen LogP) is 2.50. The van der Waals surface area contributed by atoms with Crippen molar-refractivity contribution >= 4 is 63.1 Å². The smallest absolute Gasteiger partial charge is 0.249 e. The van der Waals surface area contributed by atoms with Gasteiger partial charge in [0.2, 0.25) is 51.4 Å². The molecule has 3 aliphatic carbocycles. The fraction of sp³-hybridized carbons (Fsp3) is 0.848. The van der Waals surface area contributed by atoms with Crippen LogP contribution in [0.2, 0.25) is 0 Å². The molecule has 0 aromatic rings. The molecular weight excluding hydrogens is 873 g/mol. The number of thioether (sulfide) groups is 1. The molecule has 7 amide bonds. The Kier molecular flexibility index (Phi) is 17.8. The minimum absolute atomic E-state index is 0.0852. The van der Waals surface area contributed by atoms with Crippen molar-refractivity contribution < 1.29 is 42.0 Å². The van der Waals surface area contributed by atoms with Gasteiger partial charge in [-0.25, -0.2) is 12.7 Å². The normalized spacial score (nSPS) is 33.4. The number of carbonyl (C=O) groups is 7. The number of nitrogens with one attached hydrogen (secondary N) is 6. The molecule has 11 unspecified atom stereocenters. The Morgan fingerprint density at radius 2 is 1.51 bits per heavy atom. The Labute approximate surface area is 389 Å². The number of fused-ring (bicyclic) bond motifs is 1. The van der Waals surface area contributed by atoms with E-state index >= 15 is 0 Å². The molecule has 19 heteroatoms. The van der Waals surface area contributed by atoms with Gasteiger partial charge < -0.3 is 21.3 Å². The SMILES string of the molecule is CS(=O)(=O)N1CCC(C(=O)NCC(=O)NC2NC(C3CCCC(C4CCCC(CNC(=O)CCCCCCCCNC5CCCC6C(=O)N(C7CCC(=O)NC7=O)C(=O)C56)C4)C3)CS2)C1. The number of rotatable bonds is 20. The summed E-state index contributed by atoms with van der Waals surface area (Å²) in [6.07, 6.45) is 20.6. The molecule has 7 aliphatic rings. The maximum Gasteiger partial charge on any atom is 0.249 e. The highest BCUT2D eigenvalue weighted by atomic mass is 32.2. The summed E-state index contributed by atoms with van der Waals surface area (Å²) in [6, 6.07) is -0.645. The molecule has 7 rings (SSSR count). The number of imide groups is 2. The van der Waals surface area contributed by atoms with Gasteiger partial charge in [0, 0.05) is 50.3 Å². The third-order valence-corrected chi connectivity index (χ3v) is 18.1. The molecule has 364 valence electrons. The minimum Gasteiger partial charge on any atom is -0.356 e. The van der Waals surface area contributed by atoms with E-state index in [0.717, 1.165) is 81.4 Å². The molecule has 0 radical (unpaired) electrons. The first-order valence-electron chi connectivity index (χ1n) is 24.9. The number of amides is 7. The van der Waals surface area contributed by atoms with Crippen molar-refractivity contribution in [2.24, 2.45) is 41.4 Å². The van der Waals surface area contributed by atoms with Crippen LogP contribution >= 0.6 is 11.8 Å². The first kappa shape index (κ1) is 49.8. The van der Waals surface area contributed by atoms with E-state index in [0.29, 0.717) is 55.5 Å². The molecule has 0 bridgehead atoms. The minimum atomic E-state index is -3.33. The maximum absolute atomic E-state index is 13.4. The van der Waals surface area contributed by atoms with Crippen LogP contribution in [0, 0.1) is 41.4 Å². The molecule has 3 saturated carbocycles. The number of unbranched alkanes of at least 4 members (excludes halogenated alkanes) is 5. The van der Waals surface area contributed by atoms with E-state index in [9.17, 15) is 42.0 Å². The van der Waals surface area contributed by atoms with E-state index < -0.39 is 39.7 Å². The summed E-state index contributed by atoms with van der Waals surface area (Å²) >= 11 is 1.70. The number of carbonyl (C=O) groups excluding carboxylic acids is 7. The van der Waals surface area contributed by atoms with Crippen molar-refractivity contribution in [3.05, 3.63) is 0 Å². The van der Waals surface area contributed by atoms with E-state index in [1.54, 1.807) is 11.8 Å². The number of nitrogens with zero attached hydrogens (tertiary/aromatic N) is 2. The highest BCUT2D eigenvalue weighted by molar-refractivity contribution is 8.00. The molecule has 11 atom stereocenters. The maximum atomic E-state index is 13.4. The molecule has 4 saturated heterocycles. The number of hydrogen-bond donors (Lipinski definition) is 6. The number of sulfonamides is 1. The van der Waals surface area contributed by atoms with Crippen LogP contribution < -0.4 is 31.9 Å². The second kappa shape index (κ2) is 23.3. The van der Waals surface area contributed by atoms with Crippen LogP contribution in [0.4, 0.5) is 0 Å². The van der Waals surface area contributed by atoms with Crippen molar-refractivity contribution in [1.29, 1.82) is 0 Å². The summed E-state index contributed by atoms with van der Waals surface area (Å²) < 4.78 is 24.9. The van der Waals surface area contributed by atoms with Crippen molar-refractivity contribution in [2.75, 3.05) is 44.7 Å². The average molecular weight is 947 g/mol. The fourth-order valence-electron chi connectivity index (χ4n) is 12.1. The van der Waals surface area contributed by atoms with Gasteiger partial charge in [-0.2, -0.15) is 0 Å². The zero-order valence-electron chi connectivity index (χ0n) is 38.3. The average Bonchev–Trinajstić information content (AvgIpc) is 4.04. The van der Waals surface area contributed by atoms with Crippen LogP contribution in [-0.2, 0) is 43.6 Å². The Hall–Kier alpha value is -3.13. The number of likely N-dealkylation sites (tertiary alicyclic amines) is 1. The van der Waals surface area contributed by atoms with Gasteiger partial charge in [-0.3, -0.25) is 49.1 Å². The summed E-state index contributed by atoms with van der Waals surface area (Å²) in [5.74, 6) is 0.251. The summed E-state index contributed by atoms with van der Waals surface area (Å²) in [4.78, 5) is 90.0. The van der Waals surface area contributed by atoms with Gasteiger partial charge in [0.15, 0.2) is 0 Å². The molecule has 65 heavy (non-hydrogen) atoms. The summed E-state index contributed by atoms with van der Waals surface area (Å²) in [7, 11) is -3.33. The second-order valence-electron chi connectivity index (χ2n) is 20.2. The van der Waals surface area contributed by atoms with Gasteiger partial charge in [-0.1, -0.05) is 57.8 Å². The third kappa shape index (κ3) is 13.3. The molecule has 4 aliphatic heterocycles. The van der Waals surface area contributed by atoms with Gasteiger partial charge in [0.25, 0.3) is 0 Å². The Balaban J connectivity index is 0.712. The van der Waals surface area contributed by atoms with E-state index in [1.807, 2.05) is 0 Å². The first-order valence-corrected chi connectivity index (χ1v) is 27.8. The summed E-state index contributed by atoms with van der Waals surface area (Å²) in [5, 5.41) is 18.4. The van der Waals surface area contributed by atoms with E-state index in [2.05, 4.69) is 31.9 Å². The lowest BCUT2D eigenvalue weighted by molar-refractivity contribution is -0.151. The number of hydrogen-bond acceptors (Lipinski definition) is 12. The molecule has 0 spiro atoms. The van der Waals surface area contributed by atoms with E-state index in [-0.39, 0.29) is 72.9 Å². The number of piperidine rings is 1. The van der Waals surface area contributed by atoms with Crippen molar-refractivity contribution in [2.45, 2.75) is 158 Å². The van der Waals surface area contributed by atoms with Crippen LogP contribution in [0.5, 0.6) is 0 Å². The van der Waals surface area contributed by atoms with Gasteiger partial charge in [0.1, 0.15) is 11.5 Å². The van der Waals surface area contributed by atoms with E-state index in [4.69, 9.17) is 0 Å². The molecular formula is C46H74N8O9S2. The molecule has 4 heterocycles. The van der Waals surface area contributed by atoms with Crippen molar-refractivity contribution in [3.63, 3.8) is 0 Å². The van der Waals surface area contributed by atoms with Crippen LogP contribution in [-0.4, -0.2) is 127 Å². The Morgan fingerprint density at radius 1 is 0.785 bits per heavy atom. The monoisotopic (exact) mass is 947 g/mol. The Morgan fingerprint density at radius 3 is 2.28 bits per heavy atom. The van der Waals surface area contributed by atoms with E-state index in [1.165, 1.54) is 55.7 Å². The predicted molar refractivity (Wildman–Crippen MR) is 246 cm³/mol. The highest BCUT2D eigenvalue weighted by Crippen LogP contribution is 2.44. The largest absolute Gasteiger partial charge is 0.356 e. The zero-order valence-corrected chi connectivity index (χ0v) is 40.0. The summed E-state index contributed by atoms with van der Waals surface area (Å²) in [6.45, 7) is 1.87. The van der Waals surface area contributed by atoms with Gasteiger partial charge >= 0.3 is 0 Å². The molecule has 0 aromatic heterocycles. The first-order chi connectivity index (χ1) is 31.2. The van der Waals surface area contributed by atoms with Gasteiger partial charge in [0.05, 0.1) is 30.6 Å². The van der Waals surface area contributed by atoms with Crippen molar-refractivity contribution in [1.82, 2.24) is 41.1 Å². The molecule has 6 N–H and O–H groups in total. The Bertz CT molecular complexity index is 1850. The highest BCUT2D eigenvalue weighted by Gasteiger charge is 2.55. The second-order valence-corrected chi connectivity index (χ2v) is 23.3. The van der Waals surface area contributed by atoms with Crippen LogP contribution in [0.25, 0.3) is 0 Å². The van der Waals surface area contributed by atoms with Crippen LogP contribution in [0.15, 0.2) is 0 Å². The summed E-state index contributed by atoms with van der Waals surface area (Å²) in [5.41, 5.74) is -0.199. The lowest BCUT2D eigenvalue weighted by Gasteiger charge is -2.40. The molecule has 7 fully saturated rings. The standard InChI is InChI=1S/C46H74N8O9S2/c1-65(62,63)53-22-20-33(27-53)42(58)49-26-40(57)52-46-50-36(28-64-46)32-14-9-13-31(24-32)30-12-8-11-29(23-30)25-48-38(55)17-6-4-2-3-5-7-21-47-35-16-10-15-34-41(35)45(61)54(44(34)60)37-18-19-39(56)51-43(37)59/h29-37,41,46-47,50H,2-28H2,1H3,(H,48,55)(H,49,58)(H,52,57)(H,51,56,59). The molecule has 17 nitrogen and oxygen atoms in total.